The van der Waals surface area contributed by atoms with Crippen LogP contribution in [0, 0.1) is 0 Å². The molecule has 2 aromatic carbocycles. The Labute approximate surface area is 169 Å². The second-order valence-corrected chi connectivity index (χ2v) is 6.95. The molecule has 0 fully saturated rings. The van der Waals surface area contributed by atoms with Gasteiger partial charge >= 0.3 is 17.9 Å². The van der Waals surface area contributed by atoms with Crippen LogP contribution in [0.3, 0.4) is 0 Å². The van der Waals surface area contributed by atoms with Crippen LogP contribution >= 0.6 is 0 Å². The lowest BCUT2D eigenvalue weighted by molar-refractivity contribution is -0.134. The summed E-state index contributed by atoms with van der Waals surface area (Å²) in [4.78, 5) is 36.7. The van der Waals surface area contributed by atoms with Gasteiger partial charge in [-0.2, -0.15) is 0 Å². The number of ether oxygens (including phenoxy) is 3. The minimum atomic E-state index is -0.520. The Bertz CT molecular complexity index is 968. The van der Waals surface area contributed by atoms with Crippen molar-refractivity contribution >= 4 is 17.9 Å². The Morgan fingerprint density at radius 1 is 0.862 bits per heavy atom. The van der Waals surface area contributed by atoms with Crippen molar-refractivity contribution in [3.63, 3.8) is 0 Å². The average molecular weight is 397 g/mol. The highest BCUT2D eigenvalue weighted by Gasteiger charge is 2.30. The number of hydrogen-bond acceptors (Lipinski definition) is 7. The third kappa shape index (κ3) is 4.63. The van der Waals surface area contributed by atoms with E-state index in [0.717, 1.165) is 29.7 Å². The quantitative estimate of drug-likeness (QED) is 0.579. The molecule has 2 aromatic rings. The first kappa shape index (κ1) is 20.5. The van der Waals surface area contributed by atoms with Crippen LogP contribution in [0.25, 0.3) is 0 Å². The highest BCUT2D eigenvalue weighted by molar-refractivity contribution is 5.74. The van der Waals surface area contributed by atoms with Gasteiger partial charge in [0.1, 0.15) is 5.75 Å². The SMILES string of the molecule is CC(=O)Oc1ccc(C2c3c(cccc3OC(C)=O)CCN2C)cc1OC(C)=O. The lowest BCUT2D eigenvalue weighted by Gasteiger charge is -2.36. The number of carbonyl (C=O) groups excluding carboxylic acids is 3. The summed E-state index contributed by atoms with van der Waals surface area (Å²) in [6, 6.07) is 10.5. The summed E-state index contributed by atoms with van der Waals surface area (Å²) >= 11 is 0. The van der Waals surface area contributed by atoms with Crippen molar-refractivity contribution in [1.29, 1.82) is 0 Å². The van der Waals surface area contributed by atoms with Crippen LogP contribution in [0.15, 0.2) is 36.4 Å². The van der Waals surface area contributed by atoms with Crippen LogP contribution in [-0.2, 0) is 20.8 Å². The molecule has 0 spiro atoms. The molecule has 0 N–H and O–H groups in total. The average Bonchev–Trinajstić information content (AvgIpc) is 2.62. The Hall–Kier alpha value is -3.19. The van der Waals surface area contributed by atoms with Gasteiger partial charge in [-0.05, 0) is 42.8 Å². The fourth-order valence-electron chi connectivity index (χ4n) is 3.60. The highest BCUT2D eigenvalue weighted by atomic mass is 16.6. The predicted molar refractivity (Wildman–Crippen MR) is 105 cm³/mol. The molecule has 3 rings (SSSR count). The smallest absolute Gasteiger partial charge is 0.308 e. The van der Waals surface area contributed by atoms with Crippen molar-refractivity contribution in [2.24, 2.45) is 0 Å². The molecular formula is C22H23NO6. The highest BCUT2D eigenvalue weighted by Crippen LogP contribution is 2.42. The summed E-state index contributed by atoms with van der Waals surface area (Å²) in [5, 5.41) is 0. The molecule has 1 aliphatic rings. The first-order valence-corrected chi connectivity index (χ1v) is 9.27. The monoisotopic (exact) mass is 397 g/mol. The number of benzene rings is 2. The number of hydrogen-bond donors (Lipinski definition) is 0. The van der Waals surface area contributed by atoms with Gasteiger partial charge in [-0.3, -0.25) is 19.3 Å². The zero-order valence-corrected chi connectivity index (χ0v) is 16.9. The van der Waals surface area contributed by atoms with Crippen molar-refractivity contribution < 1.29 is 28.6 Å². The molecule has 0 radical (unpaired) electrons. The van der Waals surface area contributed by atoms with Gasteiger partial charge in [0.25, 0.3) is 0 Å². The standard InChI is InChI=1S/C22H23NO6/c1-13(24)27-18-9-8-17(12-20(18)29-15(3)26)22-21-16(10-11-23(22)4)6-5-7-19(21)28-14(2)25/h5-9,12,22H,10-11H2,1-4H3. The molecule has 0 saturated carbocycles. The molecule has 1 atom stereocenters. The van der Waals surface area contributed by atoms with Crippen LogP contribution < -0.4 is 14.2 Å². The first-order valence-electron chi connectivity index (χ1n) is 9.27. The molecule has 1 aliphatic heterocycles. The molecule has 1 heterocycles. The number of esters is 3. The summed E-state index contributed by atoms with van der Waals surface area (Å²) in [6.07, 6.45) is 0.819. The predicted octanol–water partition coefficient (Wildman–Crippen LogP) is 3.04. The Balaban J connectivity index is 2.12. The molecule has 152 valence electrons. The van der Waals surface area contributed by atoms with E-state index in [1.54, 1.807) is 18.2 Å². The molecule has 0 bridgehead atoms. The minimum Gasteiger partial charge on any atom is -0.426 e. The Morgan fingerprint density at radius 2 is 1.48 bits per heavy atom. The Morgan fingerprint density at radius 3 is 2.14 bits per heavy atom. The zero-order valence-electron chi connectivity index (χ0n) is 16.9. The number of rotatable bonds is 4. The van der Waals surface area contributed by atoms with E-state index >= 15 is 0 Å². The maximum absolute atomic E-state index is 11.6. The maximum Gasteiger partial charge on any atom is 0.308 e. The van der Waals surface area contributed by atoms with Gasteiger partial charge in [-0.25, -0.2) is 0 Å². The van der Waals surface area contributed by atoms with E-state index in [1.807, 2.05) is 25.2 Å². The van der Waals surface area contributed by atoms with Crippen LogP contribution in [0.4, 0.5) is 0 Å². The fourth-order valence-corrected chi connectivity index (χ4v) is 3.60. The summed E-state index contributed by atoms with van der Waals surface area (Å²) in [6.45, 7) is 4.73. The van der Waals surface area contributed by atoms with E-state index in [4.69, 9.17) is 14.2 Å². The van der Waals surface area contributed by atoms with Crippen molar-refractivity contribution in [3.8, 4) is 17.2 Å². The number of carbonyl (C=O) groups is 3. The molecular weight excluding hydrogens is 374 g/mol. The summed E-state index contributed by atoms with van der Waals surface area (Å²) in [5.74, 6) is -0.586. The largest absolute Gasteiger partial charge is 0.426 e. The molecule has 29 heavy (non-hydrogen) atoms. The first-order chi connectivity index (χ1) is 13.8. The number of fused-ring (bicyclic) bond motifs is 1. The van der Waals surface area contributed by atoms with Gasteiger partial charge in [0.2, 0.25) is 0 Å². The van der Waals surface area contributed by atoms with E-state index in [-0.39, 0.29) is 17.5 Å². The van der Waals surface area contributed by atoms with Crippen molar-refractivity contribution in [2.45, 2.75) is 33.2 Å². The zero-order chi connectivity index (χ0) is 21.1. The molecule has 0 amide bonds. The molecule has 1 unspecified atom stereocenters. The number of likely N-dealkylation sites (N-methyl/N-ethyl adjacent to an activating group) is 1. The van der Waals surface area contributed by atoms with Gasteiger partial charge in [0.05, 0.1) is 6.04 Å². The van der Waals surface area contributed by atoms with Gasteiger partial charge in [-0.15, -0.1) is 0 Å². The second-order valence-electron chi connectivity index (χ2n) is 6.95. The van der Waals surface area contributed by atoms with Crippen molar-refractivity contribution in [1.82, 2.24) is 4.90 Å². The van der Waals surface area contributed by atoms with Crippen molar-refractivity contribution in [3.05, 3.63) is 53.1 Å². The summed E-state index contributed by atoms with van der Waals surface area (Å²) < 4.78 is 15.9. The van der Waals surface area contributed by atoms with Gasteiger partial charge in [-0.1, -0.05) is 18.2 Å². The lowest BCUT2D eigenvalue weighted by atomic mass is 9.87. The Kier molecular flexibility index (Phi) is 5.98. The van der Waals surface area contributed by atoms with Crippen LogP contribution in [-0.4, -0.2) is 36.4 Å². The van der Waals surface area contributed by atoms with E-state index in [1.165, 1.54) is 20.8 Å². The van der Waals surface area contributed by atoms with E-state index < -0.39 is 17.9 Å². The van der Waals surface area contributed by atoms with Crippen LogP contribution in [0.2, 0.25) is 0 Å². The molecule has 0 aromatic heterocycles. The lowest BCUT2D eigenvalue weighted by Crippen LogP contribution is -2.33. The summed E-state index contributed by atoms with van der Waals surface area (Å²) in [7, 11) is 1.98. The normalized spacial score (nSPS) is 15.9. The summed E-state index contributed by atoms with van der Waals surface area (Å²) in [5.41, 5.74) is 2.80. The molecule has 0 aliphatic carbocycles. The van der Waals surface area contributed by atoms with Gasteiger partial charge in [0, 0.05) is 32.9 Å². The molecule has 0 saturated heterocycles. The third-order valence-corrected chi connectivity index (χ3v) is 4.65. The second kappa shape index (κ2) is 8.45. The van der Waals surface area contributed by atoms with E-state index in [2.05, 4.69) is 4.90 Å². The van der Waals surface area contributed by atoms with Gasteiger partial charge < -0.3 is 14.2 Å². The topological polar surface area (TPSA) is 82.1 Å². The van der Waals surface area contributed by atoms with Crippen molar-refractivity contribution in [2.75, 3.05) is 13.6 Å². The van der Waals surface area contributed by atoms with Gasteiger partial charge in [0.15, 0.2) is 11.5 Å². The van der Waals surface area contributed by atoms with Crippen LogP contribution in [0.1, 0.15) is 43.5 Å². The maximum atomic E-state index is 11.6. The molecule has 7 nitrogen and oxygen atoms in total. The fraction of sp³-hybridized carbons (Fsp3) is 0.318. The minimum absolute atomic E-state index is 0.163. The van der Waals surface area contributed by atoms with E-state index in [9.17, 15) is 14.4 Å². The van der Waals surface area contributed by atoms with Crippen LogP contribution in [0.5, 0.6) is 17.2 Å². The third-order valence-electron chi connectivity index (χ3n) is 4.65. The van der Waals surface area contributed by atoms with E-state index in [0.29, 0.717) is 5.75 Å². The number of nitrogens with zero attached hydrogens (tertiary/aromatic N) is 1. The molecule has 7 heteroatoms.